The Morgan fingerprint density at radius 3 is 2.53 bits per heavy atom. The molecule has 0 aliphatic rings. The number of methoxy groups -OCH3 is 1. The van der Waals surface area contributed by atoms with Gasteiger partial charge in [-0.05, 0) is 24.1 Å². The van der Waals surface area contributed by atoms with Crippen LogP contribution in [-0.4, -0.2) is 34.2 Å². The van der Waals surface area contributed by atoms with E-state index in [4.69, 9.17) is 4.74 Å². The van der Waals surface area contributed by atoms with Crippen LogP contribution in [0, 0.1) is 0 Å². The zero-order valence-electron chi connectivity index (χ0n) is 17.1. The Morgan fingerprint density at radius 2 is 1.81 bits per heavy atom. The Hall–Kier alpha value is -3.88. The van der Waals surface area contributed by atoms with E-state index in [0.717, 1.165) is 17.8 Å². The summed E-state index contributed by atoms with van der Waals surface area (Å²) < 4.78 is 47.0. The van der Waals surface area contributed by atoms with Crippen molar-refractivity contribution in [2.45, 2.75) is 12.6 Å². The predicted octanol–water partition coefficient (Wildman–Crippen LogP) is 4.40. The molecule has 0 aliphatic heterocycles. The van der Waals surface area contributed by atoms with Crippen LogP contribution in [0.3, 0.4) is 0 Å². The average molecular weight is 440 g/mol. The number of halogens is 3. The van der Waals surface area contributed by atoms with E-state index in [1.54, 1.807) is 37.4 Å². The van der Waals surface area contributed by atoms with Crippen LogP contribution < -0.4 is 10.1 Å². The number of para-hydroxylation sites is 1. The first-order chi connectivity index (χ1) is 15.4. The summed E-state index contributed by atoms with van der Waals surface area (Å²) in [4.78, 5) is 17.1. The molecule has 9 heteroatoms. The number of amides is 1. The minimum Gasteiger partial charge on any atom is -0.496 e. The number of hydrogen-bond donors (Lipinski definition) is 1. The van der Waals surface area contributed by atoms with E-state index < -0.39 is 17.8 Å². The van der Waals surface area contributed by atoms with E-state index in [1.165, 1.54) is 0 Å². The second-order valence-corrected chi connectivity index (χ2v) is 7.00. The summed E-state index contributed by atoms with van der Waals surface area (Å²) in [5.74, 6) is 0.141. The van der Waals surface area contributed by atoms with Crippen LogP contribution in [0.15, 0.2) is 66.9 Å². The number of hydrogen-bond acceptors (Lipinski definition) is 4. The van der Waals surface area contributed by atoms with Gasteiger partial charge < -0.3 is 10.1 Å². The molecule has 0 spiro atoms. The van der Waals surface area contributed by atoms with Gasteiger partial charge in [0.1, 0.15) is 11.3 Å². The van der Waals surface area contributed by atoms with Gasteiger partial charge in [-0.3, -0.25) is 4.79 Å². The number of fused-ring (bicyclic) bond motifs is 1. The molecule has 4 aromatic rings. The van der Waals surface area contributed by atoms with Crippen LogP contribution in [0.4, 0.5) is 13.2 Å². The fourth-order valence-electron chi connectivity index (χ4n) is 3.40. The number of nitrogens with zero attached hydrogens (tertiary/aromatic N) is 3. The van der Waals surface area contributed by atoms with Crippen molar-refractivity contribution in [3.63, 3.8) is 0 Å². The monoisotopic (exact) mass is 440 g/mol. The maximum Gasteiger partial charge on any atom is 0.433 e. The van der Waals surface area contributed by atoms with Gasteiger partial charge in [0, 0.05) is 12.1 Å². The van der Waals surface area contributed by atoms with Crippen molar-refractivity contribution in [1.29, 1.82) is 0 Å². The van der Waals surface area contributed by atoms with Gasteiger partial charge in [0.2, 0.25) is 0 Å². The molecule has 164 valence electrons. The molecule has 0 radical (unpaired) electrons. The minimum atomic E-state index is -4.67. The number of aromatic nitrogens is 3. The molecule has 0 atom stereocenters. The van der Waals surface area contributed by atoms with Gasteiger partial charge in [-0.25, -0.2) is 9.50 Å². The van der Waals surface area contributed by atoms with Crippen LogP contribution in [0.5, 0.6) is 5.75 Å². The van der Waals surface area contributed by atoms with E-state index in [1.807, 2.05) is 24.3 Å². The fraction of sp³-hybridized carbons (Fsp3) is 0.174. The van der Waals surface area contributed by atoms with Gasteiger partial charge in [-0.15, -0.1) is 0 Å². The third kappa shape index (κ3) is 4.27. The highest BCUT2D eigenvalue weighted by atomic mass is 19.4. The third-order valence-corrected chi connectivity index (χ3v) is 4.95. The summed E-state index contributed by atoms with van der Waals surface area (Å²) in [6.07, 6.45) is -3.08. The van der Waals surface area contributed by atoms with Crippen molar-refractivity contribution in [3.8, 4) is 17.0 Å². The highest BCUT2D eigenvalue weighted by Crippen LogP contribution is 2.32. The number of nitrogens with one attached hydrogen (secondary N) is 1. The number of carbonyl (C=O) groups excluding carboxylic acids is 1. The maximum atomic E-state index is 13.7. The summed E-state index contributed by atoms with van der Waals surface area (Å²) in [5, 5.41) is 6.51. The van der Waals surface area contributed by atoms with E-state index in [-0.39, 0.29) is 23.4 Å². The summed E-state index contributed by atoms with van der Waals surface area (Å²) in [7, 11) is 1.56. The number of benzene rings is 2. The topological polar surface area (TPSA) is 68.5 Å². The highest BCUT2D eigenvalue weighted by Gasteiger charge is 2.36. The van der Waals surface area contributed by atoms with Crippen molar-refractivity contribution in [1.82, 2.24) is 19.9 Å². The van der Waals surface area contributed by atoms with Crippen molar-refractivity contribution in [2.24, 2.45) is 0 Å². The van der Waals surface area contributed by atoms with E-state index in [9.17, 15) is 18.0 Å². The smallest absolute Gasteiger partial charge is 0.433 e. The lowest BCUT2D eigenvalue weighted by atomic mass is 10.1. The number of ether oxygens (including phenoxy) is 1. The highest BCUT2D eigenvalue weighted by molar-refractivity contribution is 5.99. The molecule has 1 N–H and O–H groups in total. The SMILES string of the molecule is COc1ccccc1CCNC(=O)c1cnn2c(C(F)(F)F)cc(-c3ccccc3)nc12. The first kappa shape index (κ1) is 21.4. The molecule has 0 aliphatic carbocycles. The molecule has 2 heterocycles. The summed E-state index contributed by atoms with van der Waals surface area (Å²) in [6, 6.07) is 16.8. The van der Waals surface area contributed by atoms with Gasteiger partial charge in [-0.2, -0.15) is 18.3 Å². The van der Waals surface area contributed by atoms with Gasteiger partial charge >= 0.3 is 6.18 Å². The summed E-state index contributed by atoms with van der Waals surface area (Å²) in [5.41, 5.74) is 0.313. The van der Waals surface area contributed by atoms with Crippen LogP contribution >= 0.6 is 0 Å². The molecular weight excluding hydrogens is 421 g/mol. The minimum absolute atomic E-state index is 0.0340. The van der Waals surface area contributed by atoms with Gasteiger partial charge in [-0.1, -0.05) is 48.5 Å². The first-order valence-corrected chi connectivity index (χ1v) is 9.80. The normalized spacial score (nSPS) is 11.5. The number of rotatable bonds is 6. The fourth-order valence-corrected chi connectivity index (χ4v) is 3.40. The Bertz CT molecular complexity index is 1250. The molecule has 0 saturated carbocycles. The zero-order chi connectivity index (χ0) is 22.7. The van der Waals surface area contributed by atoms with Crippen molar-refractivity contribution < 1.29 is 22.7 Å². The van der Waals surface area contributed by atoms with Crippen LogP contribution in [0.1, 0.15) is 21.6 Å². The number of alkyl halides is 3. The molecule has 2 aromatic heterocycles. The van der Waals surface area contributed by atoms with Crippen molar-refractivity contribution >= 4 is 11.6 Å². The summed E-state index contributed by atoms with van der Waals surface area (Å²) in [6.45, 7) is 0.265. The largest absolute Gasteiger partial charge is 0.496 e. The molecule has 0 bridgehead atoms. The van der Waals surface area contributed by atoms with Gasteiger partial charge in [0.25, 0.3) is 5.91 Å². The molecule has 1 amide bonds. The quantitative estimate of drug-likeness (QED) is 0.483. The zero-order valence-corrected chi connectivity index (χ0v) is 17.1. The number of carbonyl (C=O) groups is 1. The molecule has 4 rings (SSSR count). The molecule has 32 heavy (non-hydrogen) atoms. The molecule has 0 unspecified atom stereocenters. The lowest BCUT2D eigenvalue weighted by Crippen LogP contribution is -2.26. The second-order valence-electron chi connectivity index (χ2n) is 7.00. The standard InChI is InChI=1S/C23H19F3N4O2/c1-32-19-10-6-5-9-16(19)11-12-27-22(31)17-14-28-30-20(23(24,25)26)13-18(29-21(17)30)15-7-3-2-4-8-15/h2-10,13-14H,11-12H2,1H3,(H,27,31). The van der Waals surface area contributed by atoms with Gasteiger partial charge in [0.05, 0.1) is 19.0 Å². The second kappa shape index (κ2) is 8.70. The van der Waals surface area contributed by atoms with E-state index in [2.05, 4.69) is 15.4 Å². The van der Waals surface area contributed by atoms with Crippen molar-refractivity contribution in [3.05, 3.63) is 83.7 Å². The molecule has 0 saturated heterocycles. The van der Waals surface area contributed by atoms with Gasteiger partial charge in [0.15, 0.2) is 11.3 Å². The van der Waals surface area contributed by atoms with Crippen LogP contribution in [0.2, 0.25) is 0 Å². The molecule has 2 aromatic carbocycles. The third-order valence-electron chi connectivity index (χ3n) is 4.95. The molecular formula is C23H19F3N4O2. The van der Waals surface area contributed by atoms with Crippen LogP contribution in [0.25, 0.3) is 16.9 Å². The average Bonchev–Trinajstić information content (AvgIpc) is 3.22. The molecule has 6 nitrogen and oxygen atoms in total. The lowest BCUT2D eigenvalue weighted by molar-refractivity contribution is -0.142. The summed E-state index contributed by atoms with van der Waals surface area (Å²) >= 11 is 0. The van der Waals surface area contributed by atoms with E-state index in [0.29, 0.717) is 22.2 Å². The Morgan fingerprint density at radius 1 is 1.09 bits per heavy atom. The lowest BCUT2D eigenvalue weighted by Gasteiger charge is -2.12. The molecule has 0 fully saturated rings. The Labute approximate surface area is 181 Å². The van der Waals surface area contributed by atoms with E-state index >= 15 is 0 Å². The Balaban J connectivity index is 1.64. The Kier molecular flexibility index (Phi) is 5.81. The predicted molar refractivity (Wildman–Crippen MR) is 112 cm³/mol. The van der Waals surface area contributed by atoms with Crippen LogP contribution in [-0.2, 0) is 12.6 Å². The maximum absolute atomic E-state index is 13.7. The first-order valence-electron chi connectivity index (χ1n) is 9.80. The van der Waals surface area contributed by atoms with Crippen molar-refractivity contribution in [2.75, 3.05) is 13.7 Å².